The number of hydrogen-bond donors (Lipinski definition) is 0. The molecular weight excluding hydrogens is 338 g/mol. The van der Waals surface area contributed by atoms with Crippen LogP contribution in [-0.2, 0) is 11.0 Å². The van der Waals surface area contributed by atoms with Crippen molar-refractivity contribution in [3.05, 3.63) is 77.5 Å². The highest BCUT2D eigenvalue weighted by Crippen LogP contribution is 2.61. The quantitative estimate of drug-likeness (QED) is 0.453. The van der Waals surface area contributed by atoms with E-state index in [2.05, 4.69) is 100.0 Å². The molecule has 2 atom stereocenters. The summed E-state index contributed by atoms with van der Waals surface area (Å²) in [5.41, 5.74) is 10.2. The Kier molecular flexibility index (Phi) is 3.66. The molecule has 0 N–H and O–H groups in total. The molecule has 1 aromatic heterocycles. The summed E-state index contributed by atoms with van der Waals surface area (Å²) >= 11 is 0. The second-order valence-corrected chi connectivity index (χ2v) is 9.81. The van der Waals surface area contributed by atoms with E-state index in [1.54, 1.807) is 5.56 Å². The number of rotatable bonds is 2. The topological polar surface area (TPSA) is 3.88 Å². The molecule has 1 nitrogen and oxygen atoms in total. The van der Waals surface area contributed by atoms with Gasteiger partial charge in [-0.1, -0.05) is 64.1 Å². The summed E-state index contributed by atoms with van der Waals surface area (Å²) in [6.07, 6.45) is 4.80. The summed E-state index contributed by atoms with van der Waals surface area (Å²) < 4.78 is 2.57. The van der Waals surface area contributed by atoms with Crippen LogP contribution in [0.4, 0.5) is 0 Å². The molecule has 1 aliphatic heterocycles. The van der Waals surface area contributed by atoms with Gasteiger partial charge in [0.1, 0.15) is 0 Å². The fourth-order valence-corrected chi connectivity index (χ4v) is 5.15. The maximum atomic E-state index is 2.57. The monoisotopic (exact) mass is 368 g/mol. The molecule has 0 radical (unpaired) electrons. The average molecular weight is 369 g/mol. The molecule has 2 aromatic carbocycles. The summed E-state index contributed by atoms with van der Waals surface area (Å²) in [7, 11) is 0. The maximum absolute atomic E-state index is 2.57. The van der Waals surface area contributed by atoms with Crippen molar-refractivity contribution >= 4 is 0 Å². The molecule has 1 heteroatoms. The van der Waals surface area contributed by atoms with E-state index in [4.69, 9.17) is 0 Å². The van der Waals surface area contributed by atoms with Gasteiger partial charge in [0.25, 0.3) is 0 Å². The van der Waals surface area contributed by atoms with Gasteiger partial charge < -0.3 is 0 Å². The van der Waals surface area contributed by atoms with Crippen molar-refractivity contribution in [3.8, 4) is 22.4 Å². The van der Waals surface area contributed by atoms with Crippen LogP contribution in [-0.4, -0.2) is 0 Å². The zero-order valence-electron chi connectivity index (χ0n) is 17.7. The lowest BCUT2D eigenvalue weighted by Crippen LogP contribution is -2.50. The summed E-state index contributed by atoms with van der Waals surface area (Å²) in [4.78, 5) is 0. The first-order valence-corrected chi connectivity index (χ1v) is 10.6. The van der Waals surface area contributed by atoms with Crippen molar-refractivity contribution in [1.29, 1.82) is 0 Å². The van der Waals surface area contributed by atoms with Gasteiger partial charge in [0, 0.05) is 25.0 Å². The molecule has 0 amide bonds. The lowest BCUT2D eigenvalue weighted by Gasteiger charge is -2.23. The molecule has 0 bridgehead atoms. The highest BCUT2D eigenvalue weighted by molar-refractivity contribution is 5.75. The van der Waals surface area contributed by atoms with Crippen molar-refractivity contribution in [2.24, 2.45) is 0 Å². The van der Waals surface area contributed by atoms with Crippen LogP contribution in [0.3, 0.4) is 0 Å². The molecule has 2 unspecified atom stereocenters. The third kappa shape index (κ3) is 2.49. The standard InChI is InChI=1S/C27H30N/c1-6-27-17-24(27)22-11-10-20(19-8-7-9-21(15-19)26(3,4)5)16-23(22)25-14-18(2)12-13-28(25)27/h7-16,24H,6,17H2,1-5H3/q+1. The van der Waals surface area contributed by atoms with Gasteiger partial charge in [-0.2, -0.15) is 4.57 Å². The molecule has 1 saturated carbocycles. The minimum absolute atomic E-state index is 0.165. The van der Waals surface area contributed by atoms with E-state index in [0.29, 0.717) is 11.5 Å². The lowest BCUT2D eigenvalue weighted by atomic mass is 9.84. The van der Waals surface area contributed by atoms with E-state index in [0.717, 1.165) is 0 Å². The highest BCUT2D eigenvalue weighted by Gasteiger charge is 2.66. The van der Waals surface area contributed by atoms with Gasteiger partial charge in [-0.15, -0.1) is 0 Å². The predicted molar refractivity (Wildman–Crippen MR) is 117 cm³/mol. The predicted octanol–water partition coefficient (Wildman–Crippen LogP) is 6.52. The maximum Gasteiger partial charge on any atom is 0.213 e. The summed E-state index contributed by atoms with van der Waals surface area (Å²) in [6, 6.07) is 20.9. The van der Waals surface area contributed by atoms with E-state index >= 15 is 0 Å². The SMILES string of the molecule is CCC12CC1c1ccc(-c3cccc(C(C)(C)C)c3)cc1-c1cc(C)cc[n+]12. The Hall–Kier alpha value is -2.41. The van der Waals surface area contributed by atoms with E-state index in [-0.39, 0.29) is 5.41 Å². The normalized spacial score (nSPS) is 22.2. The Morgan fingerprint density at radius 1 is 1.00 bits per heavy atom. The third-order valence-electron chi connectivity index (χ3n) is 7.02. The van der Waals surface area contributed by atoms with Gasteiger partial charge >= 0.3 is 0 Å². The van der Waals surface area contributed by atoms with Crippen LogP contribution in [0.2, 0.25) is 0 Å². The molecule has 1 fully saturated rings. The van der Waals surface area contributed by atoms with Crippen LogP contribution in [0.25, 0.3) is 22.4 Å². The highest BCUT2D eigenvalue weighted by atomic mass is 15.1. The van der Waals surface area contributed by atoms with Crippen molar-refractivity contribution in [3.63, 3.8) is 0 Å². The number of benzene rings is 2. The number of fused-ring (bicyclic) bond motifs is 6. The van der Waals surface area contributed by atoms with E-state index < -0.39 is 0 Å². The first-order valence-electron chi connectivity index (χ1n) is 10.6. The molecule has 0 saturated heterocycles. The number of aryl methyl sites for hydroxylation is 1. The van der Waals surface area contributed by atoms with Gasteiger partial charge in [0.2, 0.25) is 5.69 Å². The van der Waals surface area contributed by atoms with Crippen molar-refractivity contribution in [1.82, 2.24) is 0 Å². The van der Waals surface area contributed by atoms with Crippen LogP contribution in [0.15, 0.2) is 60.8 Å². The zero-order chi connectivity index (χ0) is 19.7. The first-order chi connectivity index (χ1) is 13.3. The Morgan fingerprint density at radius 3 is 2.54 bits per heavy atom. The summed E-state index contributed by atoms with van der Waals surface area (Å²) in [5.74, 6) is 0.669. The molecule has 28 heavy (non-hydrogen) atoms. The molecular formula is C27H30N+. The number of nitrogens with zero attached hydrogens (tertiary/aromatic N) is 1. The van der Waals surface area contributed by atoms with Crippen LogP contribution < -0.4 is 4.57 Å². The van der Waals surface area contributed by atoms with Crippen LogP contribution in [0, 0.1) is 6.92 Å². The van der Waals surface area contributed by atoms with Gasteiger partial charge in [0.15, 0.2) is 11.7 Å². The Bertz CT molecular complexity index is 1090. The fourth-order valence-electron chi connectivity index (χ4n) is 5.15. The van der Waals surface area contributed by atoms with Crippen molar-refractivity contribution in [2.45, 2.75) is 64.3 Å². The van der Waals surface area contributed by atoms with E-state index in [1.807, 2.05) is 0 Å². The van der Waals surface area contributed by atoms with Crippen molar-refractivity contribution in [2.75, 3.05) is 0 Å². The smallest absolute Gasteiger partial charge is 0.192 e. The van der Waals surface area contributed by atoms with Gasteiger partial charge in [0.05, 0.1) is 11.5 Å². The summed E-state index contributed by atoms with van der Waals surface area (Å²) in [5, 5.41) is 0. The zero-order valence-corrected chi connectivity index (χ0v) is 17.7. The van der Waals surface area contributed by atoms with E-state index in [9.17, 15) is 0 Å². The molecule has 0 spiro atoms. The largest absolute Gasteiger partial charge is 0.213 e. The van der Waals surface area contributed by atoms with Crippen LogP contribution in [0.1, 0.15) is 63.1 Å². The fraction of sp³-hybridized carbons (Fsp3) is 0.370. The minimum atomic E-state index is 0.165. The lowest BCUT2D eigenvalue weighted by molar-refractivity contribution is -0.732. The van der Waals surface area contributed by atoms with Crippen molar-refractivity contribution < 1.29 is 4.57 Å². The second-order valence-electron chi connectivity index (χ2n) is 9.81. The average Bonchev–Trinajstić information content (AvgIpc) is 3.43. The summed E-state index contributed by atoms with van der Waals surface area (Å²) in [6.45, 7) is 11.4. The van der Waals surface area contributed by atoms with Crippen LogP contribution >= 0.6 is 0 Å². The number of hydrogen-bond acceptors (Lipinski definition) is 0. The van der Waals surface area contributed by atoms with Gasteiger partial charge in [-0.25, -0.2) is 0 Å². The molecule has 2 heterocycles. The Balaban J connectivity index is 1.68. The Labute approximate surface area is 169 Å². The number of aromatic nitrogens is 1. The van der Waals surface area contributed by atoms with Gasteiger partial charge in [-0.05, 0) is 46.2 Å². The number of pyridine rings is 1. The molecule has 1 aliphatic carbocycles. The minimum Gasteiger partial charge on any atom is -0.192 e. The first kappa shape index (κ1) is 17.7. The molecule has 3 aromatic rings. The van der Waals surface area contributed by atoms with E-state index in [1.165, 1.54) is 46.4 Å². The second kappa shape index (κ2) is 5.80. The molecule has 2 aliphatic rings. The molecule has 5 rings (SSSR count). The molecule has 142 valence electrons. The van der Waals surface area contributed by atoms with Crippen LogP contribution in [0.5, 0.6) is 0 Å². The van der Waals surface area contributed by atoms with Gasteiger partial charge in [-0.3, -0.25) is 0 Å². The Morgan fingerprint density at radius 2 is 1.79 bits per heavy atom. The third-order valence-corrected chi connectivity index (χ3v) is 7.02.